The zero-order chi connectivity index (χ0) is 31.4. The summed E-state index contributed by atoms with van der Waals surface area (Å²) in [6.45, 7) is 2.00. The van der Waals surface area contributed by atoms with Crippen molar-refractivity contribution in [1.29, 1.82) is 10.8 Å². The van der Waals surface area contributed by atoms with Crippen LogP contribution in [0.3, 0.4) is 0 Å². The Morgan fingerprint density at radius 3 is 2.05 bits per heavy atom. The molecule has 3 atom stereocenters. The fourth-order valence-corrected chi connectivity index (χ4v) is 5.77. The number of para-hydroxylation sites is 1. The van der Waals surface area contributed by atoms with Crippen molar-refractivity contribution in [3.8, 4) is 0 Å². The molecule has 1 fully saturated rings. The SMILES string of the molecule is CC(=O)N[C@H](CCCNC(=N)N)C(=O)N[C@@H](CC1CCC1)C(=O)NC(CCCNC(=N)N)C(=O)c1nc2ccccc2s1. The van der Waals surface area contributed by atoms with Crippen LogP contribution in [0.25, 0.3) is 10.2 Å². The van der Waals surface area contributed by atoms with Crippen LogP contribution in [0.2, 0.25) is 0 Å². The molecule has 0 saturated heterocycles. The number of fused-ring (bicyclic) bond motifs is 1. The van der Waals surface area contributed by atoms with Crippen molar-refractivity contribution in [2.24, 2.45) is 17.4 Å². The largest absolute Gasteiger partial charge is 0.370 e. The van der Waals surface area contributed by atoms with Gasteiger partial charge in [-0.1, -0.05) is 31.4 Å². The van der Waals surface area contributed by atoms with Crippen LogP contribution in [0, 0.1) is 16.7 Å². The number of nitrogens with two attached hydrogens (primary N) is 2. The van der Waals surface area contributed by atoms with E-state index < -0.39 is 29.9 Å². The molecule has 3 rings (SSSR count). The number of nitrogens with zero attached hydrogens (tertiary/aromatic N) is 1. The summed E-state index contributed by atoms with van der Waals surface area (Å²) in [5.74, 6) is -1.83. The number of benzene rings is 1. The van der Waals surface area contributed by atoms with Gasteiger partial charge in [0, 0.05) is 20.0 Å². The van der Waals surface area contributed by atoms with Gasteiger partial charge in [0.15, 0.2) is 16.9 Å². The molecule has 3 amide bonds. The zero-order valence-electron chi connectivity index (χ0n) is 24.3. The van der Waals surface area contributed by atoms with Crippen LogP contribution in [0.4, 0.5) is 0 Å². The minimum Gasteiger partial charge on any atom is -0.370 e. The molecule has 234 valence electrons. The number of amides is 3. The molecule has 1 aromatic heterocycles. The van der Waals surface area contributed by atoms with E-state index in [2.05, 4.69) is 31.6 Å². The van der Waals surface area contributed by atoms with Crippen LogP contribution in [-0.4, -0.2) is 71.6 Å². The first-order valence-corrected chi connectivity index (χ1v) is 15.3. The molecule has 0 bridgehead atoms. The van der Waals surface area contributed by atoms with E-state index in [-0.39, 0.29) is 47.4 Å². The average Bonchev–Trinajstić information content (AvgIpc) is 3.36. The summed E-state index contributed by atoms with van der Waals surface area (Å²) in [6, 6.07) is 4.69. The van der Waals surface area contributed by atoms with E-state index in [1.54, 1.807) is 0 Å². The summed E-state index contributed by atoms with van der Waals surface area (Å²) >= 11 is 1.25. The van der Waals surface area contributed by atoms with Gasteiger partial charge in [-0.25, -0.2) is 4.98 Å². The highest BCUT2D eigenvalue weighted by atomic mass is 32.1. The number of aromatic nitrogens is 1. The second-order valence-electron chi connectivity index (χ2n) is 10.7. The highest BCUT2D eigenvalue weighted by Gasteiger charge is 2.33. The van der Waals surface area contributed by atoms with Crippen molar-refractivity contribution in [3.05, 3.63) is 29.3 Å². The molecule has 1 aliphatic rings. The van der Waals surface area contributed by atoms with Gasteiger partial charge in [0.05, 0.1) is 16.3 Å². The smallest absolute Gasteiger partial charge is 0.243 e. The molecule has 0 spiro atoms. The lowest BCUT2D eigenvalue weighted by Crippen LogP contribution is -2.56. The Morgan fingerprint density at radius 2 is 1.49 bits per heavy atom. The van der Waals surface area contributed by atoms with Gasteiger partial charge in [-0.05, 0) is 50.2 Å². The molecule has 1 heterocycles. The zero-order valence-corrected chi connectivity index (χ0v) is 25.1. The summed E-state index contributed by atoms with van der Waals surface area (Å²) in [7, 11) is 0. The molecule has 2 aromatic rings. The fourth-order valence-electron chi connectivity index (χ4n) is 4.81. The van der Waals surface area contributed by atoms with Gasteiger partial charge in [0.2, 0.25) is 23.5 Å². The van der Waals surface area contributed by atoms with Gasteiger partial charge < -0.3 is 38.1 Å². The Labute approximate surface area is 254 Å². The number of guanidine groups is 2. The summed E-state index contributed by atoms with van der Waals surface area (Å²) in [4.78, 5) is 56.9. The Morgan fingerprint density at radius 1 is 0.907 bits per heavy atom. The first kappa shape index (κ1) is 33.2. The van der Waals surface area contributed by atoms with Crippen LogP contribution in [-0.2, 0) is 14.4 Å². The van der Waals surface area contributed by atoms with Crippen molar-refractivity contribution < 1.29 is 19.2 Å². The number of ketones is 1. The summed E-state index contributed by atoms with van der Waals surface area (Å²) in [5.41, 5.74) is 11.4. The van der Waals surface area contributed by atoms with Crippen molar-refractivity contribution in [2.45, 2.75) is 76.4 Å². The minimum atomic E-state index is -0.912. The molecule has 1 aromatic carbocycles. The van der Waals surface area contributed by atoms with Gasteiger partial charge in [-0.3, -0.25) is 30.0 Å². The number of carbonyl (C=O) groups excluding carboxylic acids is 4. The first-order chi connectivity index (χ1) is 20.5. The highest BCUT2D eigenvalue weighted by Crippen LogP contribution is 2.31. The molecule has 14 nitrogen and oxygen atoms in total. The number of thiazole rings is 1. The Balaban J connectivity index is 1.75. The van der Waals surface area contributed by atoms with E-state index in [0.717, 1.165) is 24.0 Å². The normalized spacial score (nSPS) is 14.9. The number of rotatable bonds is 17. The number of hydrogen-bond donors (Lipinski definition) is 9. The Hall–Kier alpha value is -4.27. The van der Waals surface area contributed by atoms with E-state index in [0.29, 0.717) is 37.9 Å². The van der Waals surface area contributed by atoms with E-state index in [9.17, 15) is 19.2 Å². The lowest BCUT2D eigenvalue weighted by atomic mass is 9.80. The minimum absolute atomic E-state index is 0.188. The quantitative estimate of drug-likeness (QED) is 0.0525. The van der Waals surface area contributed by atoms with E-state index in [4.69, 9.17) is 22.3 Å². The first-order valence-electron chi connectivity index (χ1n) is 14.5. The molecular formula is C28H42N10O4S. The van der Waals surface area contributed by atoms with Gasteiger partial charge in [0.25, 0.3) is 0 Å². The summed E-state index contributed by atoms with van der Waals surface area (Å²) in [5, 5.41) is 28.6. The molecule has 0 radical (unpaired) electrons. The van der Waals surface area contributed by atoms with Gasteiger partial charge >= 0.3 is 0 Å². The molecular weight excluding hydrogens is 572 g/mol. The average molecular weight is 615 g/mol. The fraction of sp³-hybridized carbons (Fsp3) is 0.536. The van der Waals surface area contributed by atoms with Gasteiger partial charge in [-0.15, -0.1) is 11.3 Å². The maximum absolute atomic E-state index is 13.7. The molecule has 0 aliphatic heterocycles. The van der Waals surface area contributed by atoms with Crippen molar-refractivity contribution >= 4 is 57.0 Å². The van der Waals surface area contributed by atoms with E-state index in [1.807, 2.05) is 24.3 Å². The maximum atomic E-state index is 13.7. The van der Waals surface area contributed by atoms with Gasteiger partial charge in [-0.2, -0.15) is 0 Å². The lowest BCUT2D eigenvalue weighted by Gasteiger charge is -2.31. The predicted molar refractivity (Wildman–Crippen MR) is 166 cm³/mol. The Bertz CT molecular complexity index is 1280. The molecule has 1 unspecified atom stereocenters. The third kappa shape index (κ3) is 10.8. The molecule has 1 saturated carbocycles. The topological polar surface area (TPSA) is 241 Å². The monoisotopic (exact) mass is 614 g/mol. The molecule has 43 heavy (non-hydrogen) atoms. The van der Waals surface area contributed by atoms with Crippen LogP contribution < -0.4 is 38.1 Å². The number of nitrogens with one attached hydrogen (secondary N) is 7. The number of hydrogen-bond acceptors (Lipinski definition) is 8. The lowest BCUT2D eigenvalue weighted by molar-refractivity contribution is -0.132. The highest BCUT2D eigenvalue weighted by molar-refractivity contribution is 7.20. The van der Waals surface area contributed by atoms with Crippen molar-refractivity contribution in [2.75, 3.05) is 13.1 Å². The number of Topliss-reactive ketones (excluding diaryl/α,β-unsaturated/α-hetero) is 1. The van der Waals surface area contributed by atoms with Crippen LogP contribution >= 0.6 is 11.3 Å². The third-order valence-electron chi connectivity index (χ3n) is 7.23. The second-order valence-corrected chi connectivity index (χ2v) is 11.8. The Kier molecular flexibility index (Phi) is 12.7. The molecule has 15 heteroatoms. The summed E-state index contributed by atoms with van der Waals surface area (Å²) in [6.07, 6.45) is 4.77. The predicted octanol–water partition coefficient (Wildman–Crippen LogP) is 0.670. The van der Waals surface area contributed by atoms with Crippen LogP contribution in [0.15, 0.2) is 24.3 Å². The van der Waals surface area contributed by atoms with E-state index in [1.165, 1.54) is 18.3 Å². The standard InChI is InChI=1S/C28H42N10O4S/c1-16(39)35-20(11-6-14-34-28(31)32)24(41)37-21(15-17-7-4-8-17)25(42)36-19(10-5-13-33-27(29)30)23(40)26-38-18-9-2-3-12-22(18)43-26/h2-3,9,12,17,19-21H,4-8,10-11,13-15H2,1H3,(H,35,39)(H,36,42)(H,37,41)(H4,29,30,33)(H4,31,32,34)/t19?,20-,21+/m1/s1. The maximum Gasteiger partial charge on any atom is 0.243 e. The van der Waals surface area contributed by atoms with E-state index >= 15 is 0 Å². The van der Waals surface area contributed by atoms with Gasteiger partial charge in [0.1, 0.15) is 12.1 Å². The van der Waals surface area contributed by atoms with Crippen molar-refractivity contribution in [3.63, 3.8) is 0 Å². The third-order valence-corrected chi connectivity index (χ3v) is 8.28. The molecule has 11 N–H and O–H groups in total. The second kappa shape index (κ2) is 16.4. The summed E-state index contributed by atoms with van der Waals surface area (Å²) < 4.78 is 0.854. The molecule has 1 aliphatic carbocycles. The number of carbonyl (C=O) groups is 4. The van der Waals surface area contributed by atoms with Crippen molar-refractivity contribution in [1.82, 2.24) is 31.6 Å². The van der Waals surface area contributed by atoms with Crippen LogP contribution in [0.5, 0.6) is 0 Å². The van der Waals surface area contributed by atoms with Crippen LogP contribution in [0.1, 0.15) is 68.1 Å².